The number of likely N-dealkylation sites (tertiary alicyclic amines) is 1. The Balaban J connectivity index is 1.52. The number of benzene rings is 1. The van der Waals surface area contributed by atoms with Crippen LogP contribution < -0.4 is 5.32 Å². The number of H-pyrrole nitrogens is 1. The molecule has 2 unspecified atom stereocenters. The average molecular weight is 318 g/mol. The summed E-state index contributed by atoms with van der Waals surface area (Å²) in [6.07, 6.45) is 5.40. The van der Waals surface area contributed by atoms with E-state index < -0.39 is 0 Å². The second kappa shape index (κ2) is 5.28. The Morgan fingerprint density at radius 1 is 1.41 bits per heavy atom. The van der Waals surface area contributed by atoms with E-state index in [-0.39, 0.29) is 11.9 Å². The number of carbonyl (C=O) groups is 1. The predicted octanol–water partition coefficient (Wildman–Crippen LogP) is 3.18. The zero-order chi connectivity index (χ0) is 15.3. The fraction of sp³-hybridized carbons (Fsp3) is 0.471. The molecule has 1 amide bonds. The van der Waals surface area contributed by atoms with Gasteiger partial charge in [0.2, 0.25) is 0 Å². The van der Waals surface area contributed by atoms with Crippen molar-refractivity contribution in [3.8, 4) is 0 Å². The third-order valence-electron chi connectivity index (χ3n) is 4.87. The average Bonchev–Trinajstić information content (AvgIpc) is 3.12. The number of hydrogen-bond donors (Lipinski definition) is 2. The van der Waals surface area contributed by atoms with Crippen molar-refractivity contribution in [2.45, 2.75) is 44.3 Å². The molecule has 1 saturated heterocycles. The van der Waals surface area contributed by atoms with Gasteiger partial charge in [0, 0.05) is 41.8 Å². The lowest BCUT2D eigenvalue weighted by Gasteiger charge is -2.19. The lowest BCUT2D eigenvalue weighted by molar-refractivity contribution is 0.0939. The molecule has 0 bridgehead atoms. The van der Waals surface area contributed by atoms with E-state index in [4.69, 9.17) is 11.6 Å². The minimum atomic E-state index is -0.0332. The van der Waals surface area contributed by atoms with E-state index in [1.165, 1.54) is 12.8 Å². The number of aromatic nitrogens is 1. The Kier molecular flexibility index (Phi) is 3.39. The number of aromatic amines is 1. The molecule has 1 aliphatic carbocycles. The molecule has 22 heavy (non-hydrogen) atoms. The van der Waals surface area contributed by atoms with Crippen LogP contribution in [0.2, 0.25) is 5.02 Å². The molecular weight excluding hydrogens is 298 g/mol. The number of halogens is 1. The minimum absolute atomic E-state index is 0.0332. The Morgan fingerprint density at radius 3 is 3.00 bits per heavy atom. The van der Waals surface area contributed by atoms with Gasteiger partial charge in [0.05, 0.1) is 10.6 Å². The molecule has 1 saturated carbocycles. The van der Waals surface area contributed by atoms with Crippen molar-refractivity contribution >= 4 is 28.4 Å². The third kappa shape index (κ3) is 2.40. The van der Waals surface area contributed by atoms with E-state index in [0.717, 1.165) is 29.9 Å². The van der Waals surface area contributed by atoms with Crippen molar-refractivity contribution in [3.05, 3.63) is 35.0 Å². The first-order chi connectivity index (χ1) is 10.6. The normalized spacial score (nSPS) is 25.7. The van der Waals surface area contributed by atoms with Crippen LogP contribution in [-0.4, -0.2) is 40.5 Å². The second-order valence-corrected chi connectivity index (χ2v) is 6.96. The Labute approximate surface area is 134 Å². The van der Waals surface area contributed by atoms with Crippen molar-refractivity contribution in [3.63, 3.8) is 0 Å². The molecule has 1 aromatic heterocycles. The zero-order valence-electron chi connectivity index (χ0n) is 12.6. The highest BCUT2D eigenvalue weighted by Crippen LogP contribution is 2.33. The number of rotatable bonds is 3. The molecule has 116 valence electrons. The Morgan fingerprint density at radius 2 is 2.23 bits per heavy atom. The van der Waals surface area contributed by atoms with E-state index in [1.54, 1.807) is 6.20 Å². The molecule has 4 rings (SSSR count). The largest absolute Gasteiger partial charge is 0.360 e. The SMILES string of the molecule is CC1CC(NC(=O)c2c[nH]c3cccc(Cl)c23)CN1C1CC1. The lowest BCUT2D eigenvalue weighted by Crippen LogP contribution is -2.37. The van der Waals surface area contributed by atoms with Gasteiger partial charge in [-0.1, -0.05) is 17.7 Å². The molecule has 5 heteroatoms. The summed E-state index contributed by atoms with van der Waals surface area (Å²) in [4.78, 5) is 18.3. The van der Waals surface area contributed by atoms with Crippen LogP contribution in [0.25, 0.3) is 10.9 Å². The van der Waals surface area contributed by atoms with Crippen LogP contribution in [0.1, 0.15) is 36.5 Å². The van der Waals surface area contributed by atoms with Crippen molar-refractivity contribution in [2.24, 2.45) is 0 Å². The fourth-order valence-electron chi connectivity index (χ4n) is 3.66. The topological polar surface area (TPSA) is 48.1 Å². The summed E-state index contributed by atoms with van der Waals surface area (Å²) in [6.45, 7) is 3.22. The van der Waals surface area contributed by atoms with Gasteiger partial charge in [-0.05, 0) is 38.3 Å². The number of hydrogen-bond acceptors (Lipinski definition) is 2. The smallest absolute Gasteiger partial charge is 0.253 e. The molecular formula is C17H20ClN3O. The molecule has 2 heterocycles. The first-order valence-corrected chi connectivity index (χ1v) is 8.33. The summed E-state index contributed by atoms with van der Waals surface area (Å²) in [5, 5.41) is 4.61. The highest BCUT2D eigenvalue weighted by molar-refractivity contribution is 6.36. The van der Waals surface area contributed by atoms with Crippen LogP contribution in [0.4, 0.5) is 0 Å². The monoisotopic (exact) mass is 317 g/mol. The fourth-order valence-corrected chi connectivity index (χ4v) is 3.93. The lowest BCUT2D eigenvalue weighted by atomic mass is 10.1. The zero-order valence-corrected chi connectivity index (χ0v) is 13.4. The van der Waals surface area contributed by atoms with Crippen LogP contribution in [0.5, 0.6) is 0 Å². The van der Waals surface area contributed by atoms with E-state index in [9.17, 15) is 4.79 Å². The molecule has 1 aromatic carbocycles. The maximum atomic E-state index is 12.6. The maximum absolute atomic E-state index is 12.6. The Hall–Kier alpha value is -1.52. The molecule has 4 nitrogen and oxygen atoms in total. The van der Waals surface area contributed by atoms with E-state index >= 15 is 0 Å². The van der Waals surface area contributed by atoms with Crippen molar-refractivity contribution < 1.29 is 4.79 Å². The van der Waals surface area contributed by atoms with Crippen LogP contribution in [0.3, 0.4) is 0 Å². The van der Waals surface area contributed by atoms with Crippen molar-refractivity contribution in [1.82, 2.24) is 15.2 Å². The second-order valence-electron chi connectivity index (χ2n) is 6.55. The molecule has 2 fully saturated rings. The van der Waals surface area contributed by atoms with Gasteiger partial charge in [-0.25, -0.2) is 0 Å². The highest BCUT2D eigenvalue weighted by atomic mass is 35.5. The standard InChI is InChI=1S/C17H20ClN3O/c1-10-7-11(9-21(10)12-5-6-12)20-17(22)13-8-19-15-4-2-3-14(18)16(13)15/h2-4,8,10-12,19H,5-7,9H2,1H3,(H,20,22). The predicted molar refractivity (Wildman–Crippen MR) is 88.4 cm³/mol. The molecule has 2 N–H and O–H groups in total. The molecule has 2 aromatic rings. The quantitative estimate of drug-likeness (QED) is 0.913. The van der Waals surface area contributed by atoms with E-state index in [2.05, 4.69) is 22.1 Å². The first kappa shape index (κ1) is 14.1. The molecule has 2 aliphatic rings. The van der Waals surface area contributed by atoms with Gasteiger partial charge in [-0.3, -0.25) is 9.69 Å². The van der Waals surface area contributed by atoms with Gasteiger partial charge in [-0.2, -0.15) is 0 Å². The molecule has 2 atom stereocenters. The molecule has 0 radical (unpaired) electrons. The van der Waals surface area contributed by atoms with Crippen LogP contribution in [0, 0.1) is 0 Å². The van der Waals surface area contributed by atoms with Gasteiger partial charge in [0.25, 0.3) is 5.91 Å². The van der Waals surface area contributed by atoms with Crippen LogP contribution in [0.15, 0.2) is 24.4 Å². The highest BCUT2D eigenvalue weighted by Gasteiger charge is 2.39. The summed E-state index contributed by atoms with van der Waals surface area (Å²) < 4.78 is 0. The van der Waals surface area contributed by atoms with Gasteiger partial charge < -0.3 is 10.3 Å². The number of fused-ring (bicyclic) bond motifs is 1. The van der Waals surface area contributed by atoms with Gasteiger partial charge in [0.1, 0.15) is 0 Å². The summed E-state index contributed by atoms with van der Waals surface area (Å²) in [5.74, 6) is -0.0332. The molecule has 0 spiro atoms. The maximum Gasteiger partial charge on any atom is 0.253 e. The van der Waals surface area contributed by atoms with Gasteiger partial charge in [-0.15, -0.1) is 0 Å². The van der Waals surface area contributed by atoms with Crippen molar-refractivity contribution in [2.75, 3.05) is 6.54 Å². The molecule has 1 aliphatic heterocycles. The number of carbonyl (C=O) groups excluding carboxylic acids is 1. The van der Waals surface area contributed by atoms with Crippen LogP contribution in [-0.2, 0) is 0 Å². The summed E-state index contributed by atoms with van der Waals surface area (Å²) >= 11 is 6.25. The van der Waals surface area contributed by atoms with E-state index in [1.807, 2.05) is 18.2 Å². The van der Waals surface area contributed by atoms with E-state index in [0.29, 0.717) is 16.6 Å². The first-order valence-electron chi connectivity index (χ1n) is 7.95. The summed E-state index contributed by atoms with van der Waals surface area (Å²) in [6, 6.07) is 7.18. The minimum Gasteiger partial charge on any atom is -0.360 e. The number of nitrogens with zero attached hydrogens (tertiary/aromatic N) is 1. The van der Waals surface area contributed by atoms with Gasteiger partial charge >= 0.3 is 0 Å². The van der Waals surface area contributed by atoms with Crippen molar-refractivity contribution in [1.29, 1.82) is 0 Å². The van der Waals surface area contributed by atoms with Gasteiger partial charge in [0.15, 0.2) is 0 Å². The summed E-state index contributed by atoms with van der Waals surface area (Å²) in [7, 11) is 0. The third-order valence-corrected chi connectivity index (χ3v) is 5.19. The van der Waals surface area contributed by atoms with Crippen LogP contribution >= 0.6 is 11.6 Å². The Bertz CT molecular complexity index is 722. The summed E-state index contributed by atoms with van der Waals surface area (Å²) in [5.41, 5.74) is 1.54. The number of amides is 1. The number of nitrogens with one attached hydrogen (secondary N) is 2.